The zero-order valence-corrected chi connectivity index (χ0v) is 41.1. The predicted molar refractivity (Wildman–Crippen MR) is 289 cm³/mol. The molecule has 9 heteroatoms. The zero-order valence-electron chi connectivity index (χ0n) is 38.4. The molecule has 0 aliphatic carbocycles. The summed E-state index contributed by atoms with van der Waals surface area (Å²) in [7, 11) is -9.83. The SMILES string of the molecule is Cc1cc(-c2nc(-c3ccc(P(=O)(c4ccccc4)c4ccccc4)c(C)c3)nc(-c3ccc(P(=O)(c4ccccc4)c4ccccc4)c(C)c3)n2)ccc1P(=O)(c1ccccc1)c1ccccc1. The fraction of sp³-hybridized carbons (Fsp3) is 0.0500. The lowest BCUT2D eigenvalue weighted by molar-refractivity contribution is 0.591. The Bertz CT molecular complexity index is 3090. The Morgan fingerprint density at radius 3 is 0.623 bits per heavy atom. The average Bonchev–Trinajstić information content (AvgIpc) is 3.41. The lowest BCUT2D eigenvalue weighted by atomic mass is 10.1. The van der Waals surface area contributed by atoms with Crippen LogP contribution in [0.2, 0.25) is 0 Å². The van der Waals surface area contributed by atoms with Gasteiger partial charge in [-0.1, -0.05) is 200 Å². The average molecular weight is 952 g/mol. The molecule has 0 amide bonds. The van der Waals surface area contributed by atoms with Crippen molar-refractivity contribution in [3.8, 4) is 34.2 Å². The molecular formula is C60H48N3O3P3. The second-order valence-corrected chi connectivity index (χ2v) is 25.4. The van der Waals surface area contributed by atoms with E-state index >= 15 is 13.7 Å². The summed E-state index contributed by atoms with van der Waals surface area (Å²) < 4.78 is 46.5. The number of aromatic nitrogens is 3. The Balaban J connectivity index is 1.13. The molecule has 6 nitrogen and oxygen atoms in total. The second kappa shape index (κ2) is 19.0. The van der Waals surface area contributed by atoms with Gasteiger partial charge in [0.15, 0.2) is 38.9 Å². The summed E-state index contributed by atoms with van der Waals surface area (Å²) in [6.45, 7) is 5.96. The number of nitrogens with zero attached hydrogens (tertiary/aromatic N) is 3. The zero-order chi connectivity index (χ0) is 47.6. The van der Waals surface area contributed by atoms with Crippen molar-refractivity contribution in [1.82, 2.24) is 15.0 Å². The van der Waals surface area contributed by atoms with Gasteiger partial charge in [0.1, 0.15) is 0 Å². The Kier molecular flexibility index (Phi) is 12.5. The van der Waals surface area contributed by atoms with Gasteiger partial charge in [-0.15, -0.1) is 0 Å². The number of benzene rings is 9. The summed E-state index contributed by atoms with van der Waals surface area (Å²) in [5, 5.41) is 6.72. The Hall–Kier alpha value is -7.32. The highest BCUT2D eigenvalue weighted by Gasteiger charge is 2.34. The smallest absolute Gasteiger partial charge is 0.171 e. The third-order valence-corrected chi connectivity index (χ3v) is 22.4. The monoisotopic (exact) mass is 951 g/mol. The molecule has 0 spiro atoms. The normalized spacial score (nSPS) is 11.9. The van der Waals surface area contributed by atoms with Gasteiger partial charge in [0.05, 0.1) is 0 Å². The predicted octanol–water partition coefficient (Wildman–Crippen LogP) is 10.7. The van der Waals surface area contributed by atoms with E-state index in [0.29, 0.717) is 17.5 Å². The molecule has 10 aromatic rings. The first-order valence-electron chi connectivity index (χ1n) is 22.8. The van der Waals surface area contributed by atoms with Gasteiger partial charge in [-0.05, 0) is 73.9 Å². The van der Waals surface area contributed by atoms with Crippen LogP contribution in [0.5, 0.6) is 0 Å². The van der Waals surface area contributed by atoms with Gasteiger partial charge < -0.3 is 13.7 Å². The van der Waals surface area contributed by atoms with Crippen LogP contribution < -0.4 is 47.7 Å². The molecule has 0 unspecified atom stereocenters. The van der Waals surface area contributed by atoms with Crippen LogP contribution in [0.15, 0.2) is 237 Å². The molecule has 0 saturated heterocycles. The number of rotatable bonds is 12. The molecule has 0 aliphatic rings. The molecule has 1 heterocycles. The van der Waals surface area contributed by atoms with Gasteiger partial charge >= 0.3 is 0 Å². The Morgan fingerprint density at radius 1 is 0.261 bits per heavy atom. The molecular weight excluding hydrogens is 904 g/mol. The molecule has 69 heavy (non-hydrogen) atoms. The largest absolute Gasteiger partial charge is 0.309 e. The molecule has 10 rings (SSSR count). The molecule has 336 valence electrons. The van der Waals surface area contributed by atoms with Crippen LogP contribution in [-0.2, 0) is 13.7 Å². The van der Waals surface area contributed by atoms with E-state index in [0.717, 1.165) is 81.1 Å². The molecule has 0 N–H and O–H groups in total. The first-order valence-corrected chi connectivity index (χ1v) is 28.0. The van der Waals surface area contributed by atoms with Crippen molar-refractivity contribution in [2.24, 2.45) is 0 Å². The summed E-state index contributed by atoms with van der Waals surface area (Å²) in [6.07, 6.45) is 0. The first-order chi connectivity index (χ1) is 33.6. The standard InChI is InChI=1S/C60H48N3O3P3/c1-43-40-46(34-37-55(43)67(64,49-22-10-4-11-23-49)50-24-12-5-13-25-50)58-61-59(47-35-38-56(44(2)41-47)68(65,51-26-14-6-15-27-51)52-28-16-7-17-29-52)63-60(62-58)48-36-39-57(45(3)42-48)69(66,53-30-18-8-19-31-53)54-32-20-9-21-33-54/h4-42H,1-3H3. The third kappa shape index (κ3) is 8.40. The molecule has 0 bridgehead atoms. The third-order valence-electron chi connectivity index (χ3n) is 12.7. The highest BCUT2D eigenvalue weighted by atomic mass is 31.2. The van der Waals surface area contributed by atoms with E-state index in [-0.39, 0.29) is 0 Å². The van der Waals surface area contributed by atoms with Crippen molar-refractivity contribution in [3.63, 3.8) is 0 Å². The van der Waals surface area contributed by atoms with Gasteiger partial charge in [0.2, 0.25) is 0 Å². The number of hydrogen-bond acceptors (Lipinski definition) is 6. The van der Waals surface area contributed by atoms with E-state index in [4.69, 9.17) is 15.0 Å². The van der Waals surface area contributed by atoms with Crippen LogP contribution >= 0.6 is 21.4 Å². The van der Waals surface area contributed by atoms with Crippen LogP contribution in [0, 0.1) is 20.8 Å². The van der Waals surface area contributed by atoms with Crippen LogP contribution in [0.25, 0.3) is 34.2 Å². The minimum absolute atomic E-state index is 0.431. The fourth-order valence-corrected chi connectivity index (χ4v) is 18.0. The van der Waals surface area contributed by atoms with Crippen LogP contribution in [0.4, 0.5) is 0 Å². The van der Waals surface area contributed by atoms with Crippen molar-refractivity contribution in [2.45, 2.75) is 20.8 Å². The van der Waals surface area contributed by atoms with E-state index < -0.39 is 21.4 Å². The van der Waals surface area contributed by atoms with E-state index in [2.05, 4.69) is 0 Å². The van der Waals surface area contributed by atoms with Crippen molar-refractivity contribution < 1.29 is 13.7 Å². The summed E-state index contributed by atoms with van der Waals surface area (Å²) in [5.74, 6) is 1.29. The molecule has 0 atom stereocenters. The maximum absolute atomic E-state index is 15.5. The summed E-state index contributed by atoms with van der Waals surface area (Å²) in [6, 6.07) is 75.6. The van der Waals surface area contributed by atoms with Crippen molar-refractivity contribution in [2.75, 3.05) is 0 Å². The second-order valence-electron chi connectivity index (χ2n) is 17.2. The minimum Gasteiger partial charge on any atom is -0.309 e. The molecule has 0 radical (unpaired) electrons. The fourth-order valence-electron chi connectivity index (χ4n) is 9.32. The van der Waals surface area contributed by atoms with Crippen LogP contribution in [0.1, 0.15) is 16.7 Å². The quantitative estimate of drug-likeness (QED) is 0.113. The highest BCUT2D eigenvalue weighted by Crippen LogP contribution is 2.46. The Labute approximate surface area is 404 Å². The number of hydrogen-bond donors (Lipinski definition) is 0. The number of aryl methyl sites for hydroxylation is 3. The van der Waals surface area contributed by atoms with Gasteiger partial charge in [-0.25, -0.2) is 15.0 Å². The van der Waals surface area contributed by atoms with Crippen molar-refractivity contribution >= 4 is 69.2 Å². The summed E-state index contributed by atoms with van der Waals surface area (Å²) >= 11 is 0. The van der Waals surface area contributed by atoms with E-state index in [1.807, 2.05) is 257 Å². The molecule has 0 saturated carbocycles. The van der Waals surface area contributed by atoms with E-state index in [1.165, 1.54) is 0 Å². The van der Waals surface area contributed by atoms with Gasteiger partial charge in [-0.2, -0.15) is 0 Å². The van der Waals surface area contributed by atoms with Gasteiger partial charge in [0.25, 0.3) is 0 Å². The lowest BCUT2D eigenvalue weighted by Gasteiger charge is -2.23. The van der Waals surface area contributed by atoms with E-state index in [1.54, 1.807) is 0 Å². The topological polar surface area (TPSA) is 89.9 Å². The highest BCUT2D eigenvalue weighted by molar-refractivity contribution is 7.86. The van der Waals surface area contributed by atoms with Crippen LogP contribution in [-0.4, -0.2) is 15.0 Å². The minimum atomic E-state index is -3.28. The maximum Gasteiger partial charge on any atom is 0.171 e. The first kappa shape index (κ1) is 45.5. The molecule has 9 aromatic carbocycles. The Morgan fingerprint density at radius 2 is 0.449 bits per heavy atom. The molecule has 0 aliphatic heterocycles. The summed E-state index contributed by atoms with van der Waals surface area (Å²) in [5.41, 5.74) is 4.69. The van der Waals surface area contributed by atoms with Crippen molar-refractivity contribution in [1.29, 1.82) is 0 Å². The van der Waals surface area contributed by atoms with E-state index in [9.17, 15) is 0 Å². The summed E-state index contributed by atoms with van der Waals surface area (Å²) in [4.78, 5) is 15.5. The van der Waals surface area contributed by atoms with Crippen molar-refractivity contribution in [3.05, 3.63) is 253 Å². The van der Waals surface area contributed by atoms with Gasteiger partial charge in [0, 0.05) is 64.4 Å². The lowest BCUT2D eigenvalue weighted by Crippen LogP contribution is -2.26. The molecule has 0 fully saturated rings. The molecule has 1 aromatic heterocycles. The van der Waals surface area contributed by atoms with Crippen LogP contribution in [0.3, 0.4) is 0 Å². The maximum atomic E-state index is 15.5. The van der Waals surface area contributed by atoms with Gasteiger partial charge in [-0.3, -0.25) is 0 Å².